The molecule has 1 fully saturated rings. The summed E-state index contributed by atoms with van der Waals surface area (Å²) in [7, 11) is 0. The highest BCUT2D eigenvalue weighted by Gasteiger charge is 2.22. The summed E-state index contributed by atoms with van der Waals surface area (Å²) in [5, 5.41) is 6.92. The lowest BCUT2D eigenvalue weighted by molar-refractivity contribution is 0.267. The van der Waals surface area contributed by atoms with Gasteiger partial charge in [-0.3, -0.25) is 4.90 Å². The van der Waals surface area contributed by atoms with Crippen LogP contribution in [0.25, 0.3) is 0 Å². The molecule has 0 amide bonds. The SMILES string of the molecule is CCNC(=NCc1cccc(N2CC=CC2)c1)NCC1CCCN1CC. The number of guanidine groups is 1. The molecule has 0 spiro atoms. The van der Waals surface area contributed by atoms with Gasteiger partial charge in [-0.15, -0.1) is 0 Å². The minimum Gasteiger partial charge on any atom is -0.364 e. The average molecular weight is 356 g/mol. The van der Waals surface area contributed by atoms with Crippen molar-refractivity contribution in [3.05, 3.63) is 42.0 Å². The molecule has 2 N–H and O–H groups in total. The average Bonchev–Trinajstić information content (AvgIpc) is 3.35. The molecule has 2 aliphatic rings. The van der Waals surface area contributed by atoms with Crippen LogP contribution in [0.4, 0.5) is 5.69 Å². The zero-order valence-electron chi connectivity index (χ0n) is 16.2. The van der Waals surface area contributed by atoms with Gasteiger partial charge in [0.15, 0.2) is 5.96 Å². The number of likely N-dealkylation sites (N-methyl/N-ethyl adjacent to an activating group) is 1. The molecule has 2 heterocycles. The van der Waals surface area contributed by atoms with Gasteiger partial charge in [-0.25, -0.2) is 4.99 Å². The summed E-state index contributed by atoms with van der Waals surface area (Å²) >= 11 is 0. The first-order chi connectivity index (χ1) is 12.8. The van der Waals surface area contributed by atoms with Crippen LogP contribution in [0, 0.1) is 0 Å². The molecule has 3 rings (SSSR count). The number of rotatable bonds is 7. The van der Waals surface area contributed by atoms with Gasteiger partial charge in [0, 0.05) is 37.9 Å². The second kappa shape index (κ2) is 9.62. The topological polar surface area (TPSA) is 42.9 Å². The van der Waals surface area contributed by atoms with Crippen LogP contribution in [0.2, 0.25) is 0 Å². The molecular weight excluding hydrogens is 322 g/mol. The molecule has 1 atom stereocenters. The summed E-state index contributed by atoms with van der Waals surface area (Å²) in [5.74, 6) is 0.920. The number of hydrogen-bond acceptors (Lipinski definition) is 3. The number of benzene rings is 1. The summed E-state index contributed by atoms with van der Waals surface area (Å²) < 4.78 is 0. The fraction of sp³-hybridized carbons (Fsp3) is 0.571. The normalized spacial score (nSPS) is 20.8. The van der Waals surface area contributed by atoms with Crippen molar-refractivity contribution >= 4 is 11.6 Å². The molecule has 1 aromatic rings. The van der Waals surface area contributed by atoms with E-state index in [1.807, 2.05) is 0 Å². The second-order valence-electron chi connectivity index (χ2n) is 7.05. The number of likely N-dealkylation sites (tertiary alicyclic amines) is 1. The maximum absolute atomic E-state index is 4.81. The molecule has 0 aliphatic carbocycles. The van der Waals surface area contributed by atoms with Crippen molar-refractivity contribution < 1.29 is 0 Å². The van der Waals surface area contributed by atoms with E-state index in [9.17, 15) is 0 Å². The highest BCUT2D eigenvalue weighted by molar-refractivity contribution is 5.79. The molecule has 1 saturated heterocycles. The van der Waals surface area contributed by atoms with Gasteiger partial charge in [0.25, 0.3) is 0 Å². The Morgan fingerprint density at radius 2 is 2.04 bits per heavy atom. The molecule has 0 radical (unpaired) electrons. The maximum Gasteiger partial charge on any atom is 0.191 e. The van der Waals surface area contributed by atoms with E-state index in [1.54, 1.807) is 0 Å². The minimum absolute atomic E-state index is 0.634. The van der Waals surface area contributed by atoms with Gasteiger partial charge in [-0.1, -0.05) is 31.2 Å². The third-order valence-corrected chi connectivity index (χ3v) is 5.27. The predicted molar refractivity (Wildman–Crippen MR) is 111 cm³/mol. The molecule has 142 valence electrons. The molecule has 0 saturated carbocycles. The summed E-state index contributed by atoms with van der Waals surface area (Å²) in [4.78, 5) is 9.74. The summed E-state index contributed by atoms with van der Waals surface area (Å²) in [6.07, 6.45) is 7.04. The fourth-order valence-corrected chi connectivity index (χ4v) is 3.81. The lowest BCUT2D eigenvalue weighted by atomic mass is 10.2. The van der Waals surface area contributed by atoms with Gasteiger partial charge in [0.2, 0.25) is 0 Å². The third-order valence-electron chi connectivity index (χ3n) is 5.27. The van der Waals surface area contributed by atoms with Crippen LogP contribution in [0.3, 0.4) is 0 Å². The van der Waals surface area contributed by atoms with E-state index in [2.05, 4.69) is 70.7 Å². The zero-order valence-corrected chi connectivity index (χ0v) is 16.2. The number of nitrogens with zero attached hydrogens (tertiary/aromatic N) is 3. The first-order valence-corrected chi connectivity index (χ1v) is 10.0. The van der Waals surface area contributed by atoms with Crippen molar-refractivity contribution in [3.8, 4) is 0 Å². The summed E-state index contributed by atoms with van der Waals surface area (Å²) in [6.45, 7) is 11.3. The van der Waals surface area contributed by atoms with Crippen molar-refractivity contribution in [3.63, 3.8) is 0 Å². The van der Waals surface area contributed by atoms with E-state index in [-0.39, 0.29) is 0 Å². The molecule has 2 aliphatic heterocycles. The lowest BCUT2D eigenvalue weighted by Crippen LogP contribution is -2.44. The van der Waals surface area contributed by atoms with Crippen LogP contribution < -0.4 is 15.5 Å². The number of anilines is 1. The monoisotopic (exact) mass is 355 g/mol. The molecule has 26 heavy (non-hydrogen) atoms. The Labute approximate surface area is 158 Å². The molecule has 5 heteroatoms. The Bertz CT molecular complexity index is 617. The van der Waals surface area contributed by atoms with E-state index < -0.39 is 0 Å². The predicted octanol–water partition coefficient (Wildman–Crippen LogP) is 2.60. The minimum atomic E-state index is 0.634. The van der Waals surface area contributed by atoms with Crippen molar-refractivity contribution in [2.75, 3.05) is 44.2 Å². The first-order valence-electron chi connectivity index (χ1n) is 10.0. The molecule has 0 aromatic heterocycles. The molecule has 5 nitrogen and oxygen atoms in total. The van der Waals surface area contributed by atoms with Crippen molar-refractivity contribution in [2.24, 2.45) is 4.99 Å². The fourth-order valence-electron chi connectivity index (χ4n) is 3.81. The van der Waals surface area contributed by atoms with Gasteiger partial charge >= 0.3 is 0 Å². The third kappa shape index (κ3) is 5.01. The van der Waals surface area contributed by atoms with Crippen LogP contribution in [0.1, 0.15) is 32.3 Å². The van der Waals surface area contributed by atoms with Gasteiger partial charge in [0.1, 0.15) is 0 Å². The molecular formula is C21H33N5. The highest BCUT2D eigenvalue weighted by atomic mass is 15.2. The van der Waals surface area contributed by atoms with Gasteiger partial charge in [-0.05, 0) is 50.6 Å². The Morgan fingerprint density at radius 1 is 1.19 bits per heavy atom. The summed E-state index contributed by atoms with van der Waals surface area (Å²) in [5.41, 5.74) is 2.54. The quantitative estimate of drug-likeness (QED) is 0.448. The number of hydrogen-bond donors (Lipinski definition) is 2. The molecule has 1 aromatic carbocycles. The van der Waals surface area contributed by atoms with E-state index in [0.717, 1.165) is 38.7 Å². The van der Waals surface area contributed by atoms with Crippen LogP contribution in [0.15, 0.2) is 41.4 Å². The van der Waals surface area contributed by atoms with Crippen molar-refractivity contribution in [2.45, 2.75) is 39.3 Å². The smallest absolute Gasteiger partial charge is 0.191 e. The number of nitrogens with one attached hydrogen (secondary N) is 2. The Balaban J connectivity index is 1.57. The molecule has 0 bridgehead atoms. The lowest BCUT2D eigenvalue weighted by Gasteiger charge is -2.24. The first kappa shape index (κ1) is 18.8. The van der Waals surface area contributed by atoms with Crippen LogP contribution in [-0.2, 0) is 6.54 Å². The standard InChI is InChI=1S/C21H33N5/c1-3-22-21(24-17-20-11-8-14-25(20)4-2)23-16-18-9-7-10-19(15-18)26-12-5-6-13-26/h5-7,9-10,15,20H,3-4,8,11-14,16-17H2,1-2H3,(H2,22,23,24). The largest absolute Gasteiger partial charge is 0.364 e. The van der Waals surface area contributed by atoms with E-state index in [1.165, 1.54) is 30.6 Å². The van der Waals surface area contributed by atoms with Crippen molar-refractivity contribution in [1.29, 1.82) is 0 Å². The second-order valence-corrected chi connectivity index (χ2v) is 7.05. The Kier molecular flexibility index (Phi) is 6.95. The Hall–Kier alpha value is -2.01. The van der Waals surface area contributed by atoms with E-state index in [0.29, 0.717) is 12.6 Å². The highest BCUT2D eigenvalue weighted by Crippen LogP contribution is 2.19. The van der Waals surface area contributed by atoms with Gasteiger partial charge < -0.3 is 15.5 Å². The molecule has 1 unspecified atom stereocenters. The van der Waals surface area contributed by atoms with Crippen LogP contribution in [0.5, 0.6) is 0 Å². The van der Waals surface area contributed by atoms with E-state index >= 15 is 0 Å². The van der Waals surface area contributed by atoms with Gasteiger partial charge in [-0.2, -0.15) is 0 Å². The maximum atomic E-state index is 4.81. The summed E-state index contributed by atoms with van der Waals surface area (Å²) in [6, 6.07) is 9.38. The van der Waals surface area contributed by atoms with Crippen molar-refractivity contribution in [1.82, 2.24) is 15.5 Å². The van der Waals surface area contributed by atoms with E-state index in [4.69, 9.17) is 4.99 Å². The Morgan fingerprint density at radius 3 is 2.81 bits per heavy atom. The van der Waals surface area contributed by atoms with Gasteiger partial charge in [0.05, 0.1) is 6.54 Å². The van der Waals surface area contributed by atoms with Crippen LogP contribution in [-0.4, -0.2) is 56.2 Å². The zero-order chi connectivity index (χ0) is 18.2. The number of aliphatic imine (C=N–C) groups is 1. The van der Waals surface area contributed by atoms with Crippen LogP contribution >= 0.6 is 0 Å².